The Kier molecular flexibility index (Phi) is 8.19. The van der Waals surface area contributed by atoms with Crippen LogP contribution in [0.15, 0.2) is 0 Å². The second-order valence-corrected chi connectivity index (χ2v) is 7.77. The second kappa shape index (κ2) is 9.09. The molecule has 4 atom stereocenters. The summed E-state index contributed by atoms with van der Waals surface area (Å²) in [5.74, 6) is 2.11. The summed E-state index contributed by atoms with van der Waals surface area (Å²) in [7, 11) is 0.918. The van der Waals surface area contributed by atoms with Crippen LogP contribution < -0.4 is 5.32 Å². The first-order valence-corrected chi connectivity index (χ1v) is 9.07. The van der Waals surface area contributed by atoms with Gasteiger partial charge in [-0.15, -0.1) is 0 Å². The highest BCUT2D eigenvalue weighted by Crippen LogP contribution is 2.32. The van der Waals surface area contributed by atoms with Crippen LogP contribution >= 0.6 is 0 Å². The maximum atomic E-state index is 12.5. The molecule has 1 fully saturated rings. The molecule has 0 aliphatic heterocycles. The lowest BCUT2D eigenvalue weighted by Gasteiger charge is -2.37. The molecule has 3 nitrogen and oxygen atoms in total. The Labute approximate surface area is 121 Å². The Balaban J connectivity index is 2.61. The fourth-order valence-corrected chi connectivity index (χ4v) is 4.63. The maximum Gasteiger partial charge on any atom is 0.0577 e. The van der Waals surface area contributed by atoms with Gasteiger partial charge in [-0.1, -0.05) is 20.8 Å². The predicted octanol–water partition coefficient (Wildman–Crippen LogP) is 2.57. The first-order chi connectivity index (χ1) is 9.10. The van der Waals surface area contributed by atoms with Crippen LogP contribution in [0.3, 0.4) is 0 Å². The minimum absolute atomic E-state index is 0.308. The standard InChI is InChI=1S/C15H31NO2S/c1-5-8-16-14-7-6-13(12(2)3)11-15(14)19(17)10-9-18-4/h12-16H,5-11H2,1-4H3. The van der Waals surface area contributed by atoms with E-state index in [0.29, 0.717) is 29.6 Å². The van der Waals surface area contributed by atoms with Crippen LogP contribution in [0.5, 0.6) is 0 Å². The van der Waals surface area contributed by atoms with Crippen LogP contribution in [-0.2, 0) is 15.5 Å². The van der Waals surface area contributed by atoms with Gasteiger partial charge in [0.1, 0.15) is 0 Å². The fourth-order valence-electron chi connectivity index (χ4n) is 2.94. The van der Waals surface area contributed by atoms with E-state index >= 15 is 0 Å². The topological polar surface area (TPSA) is 38.3 Å². The van der Waals surface area contributed by atoms with Crippen LogP contribution in [0.25, 0.3) is 0 Å². The van der Waals surface area contributed by atoms with E-state index in [9.17, 15) is 4.21 Å². The second-order valence-electron chi connectivity index (χ2n) is 5.99. The molecule has 0 aromatic heterocycles. The molecule has 0 spiro atoms. The number of nitrogens with one attached hydrogen (secondary N) is 1. The molecule has 4 unspecified atom stereocenters. The summed E-state index contributed by atoms with van der Waals surface area (Å²) in [6.45, 7) is 8.41. The average molecular weight is 289 g/mol. The van der Waals surface area contributed by atoms with E-state index in [1.807, 2.05) is 0 Å². The fraction of sp³-hybridized carbons (Fsp3) is 1.00. The highest BCUT2D eigenvalue weighted by Gasteiger charge is 2.34. The molecular formula is C15H31NO2S. The van der Waals surface area contributed by atoms with E-state index in [1.54, 1.807) is 7.11 Å². The average Bonchev–Trinajstić information content (AvgIpc) is 2.42. The Morgan fingerprint density at radius 2 is 2.11 bits per heavy atom. The molecule has 19 heavy (non-hydrogen) atoms. The van der Waals surface area contributed by atoms with Crippen molar-refractivity contribution in [2.45, 2.75) is 57.7 Å². The number of hydrogen-bond donors (Lipinski definition) is 1. The maximum absolute atomic E-state index is 12.5. The van der Waals surface area contributed by atoms with Crippen molar-refractivity contribution in [1.82, 2.24) is 5.32 Å². The van der Waals surface area contributed by atoms with Gasteiger partial charge in [-0.25, -0.2) is 0 Å². The molecule has 0 bridgehead atoms. The third-order valence-electron chi connectivity index (χ3n) is 4.26. The molecule has 1 aliphatic carbocycles. The van der Waals surface area contributed by atoms with Gasteiger partial charge in [-0.05, 0) is 44.1 Å². The molecule has 0 amide bonds. The van der Waals surface area contributed by atoms with E-state index in [4.69, 9.17) is 4.74 Å². The lowest BCUT2D eigenvalue weighted by atomic mass is 9.79. The van der Waals surface area contributed by atoms with E-state index in [2.05, 4.69) is 26.1 Å². The molecule has 0 aromatic carbocycles. The zero-order valence-corrected chi connectivity index (χ0v) is 13.8. The SMILES string of the molecule is CCCNC1CCC(C(C)C)CC1S(=O)CCOC. The highest BCUT2D eigenvalue weighted by atomic mass is 32.2. The molecule has 0 saturated heterocycles. The summed E-state index contributed by atoms with van der Waals surface area (Å²) in [5.41, 5.74) is 0. The smallest absolute Gasteiger partial charge is 0.0577 e. The third kappa shape index (κ3) is 5.52. The zero-order valence-electron chi connectivity index (χ0n) is 13.0. The number of methoxy groups -OCH3 is 1. The van der Waals surface area contributed by atoms with Gasteiger partial charge in [-0.2, -0.15) is 0 Å². The third-order valence-corrected chi connectivity index (χ3v) is 6.02. The van der Waals surface area contributed by atoms with E-state index in [1.165, 1.54) is 12.8 Å². The van der Waals surface area contributed by atoms with Crippen molar-refractivity contribution in [3.63, 3.8) is 0 Å². The predicted molar refractivity (Wildman–Crippen MR) is 82.9 cm³/mol. The molecule has 1 saturated carbocycles. The summed E-state index contributed by atoms with van der Waals surface area (Å²) in [5, 5.41) is 3.91. The zero-order chi connectivity index (χ0) is 14.3. The molecule has 4 heteroatoms. The van der Waals surface area contributed by atoms with Gasteiger partial charge in [0, 0.05) is 29.7 Å². The van der Waals surface area contributed by atoms with Gasteiger partial charge in [0.2, 0.25) is 0 Å². The summed E-state index contributed by atoms with van der Waals surface area (Å²) < 4.78 is 17.6. The van der Waals surface area contributed by atoms with E-state index in [-0.39, 0.29) is 0 Å². The summed E-state index contributed by atoms with van der Waals surface area (Å²) in [6, 6.07) is 0.438. The monoisotopic (exact) mass is 289 g/mol. The number of ether oxygens (including phenoxy) is 1. The van der Waals surface area contributed by atoms with Crippen molar-refractivity contribution in [3.05, 3.63) is 0 Å². The number of hydrogen-bond acceptors (Lipinski definition) is 3. The molecule has 1 aliphatic rings. The quantitative estimate of drug-likeness (QED) is 0.746. The van der Waals surface area contributed by atoms with Crippen molar-refractivity contribution >= 4 is 10.8 Å². The first kappa shape index (κ1) is 17.1. The van der Waals surface area contributed by atoms with Gasteiger partial charge in [0.15, 0.2) is 0 Å². The Morgan fingerprint density at radius 3 is 2.68 bits per heavy atom. The first-order valence-electron chi connectivity index (χ1n) is 7.69. The minimum atomic E-state index is -0.765. The molecule has 0 heterocycles. The van der Waals surface area contributed by atoms with Gasteiger partial charge in [0.05, 0.1) is 11.9 Å². The normalized spacial score (nSPS) is 29.6. The summed E-state index contributed by atoms with van der Waals surface area (Å²) in [6.07, 6.45) is 4.69. The van der Waals surface area contributed by atoms with Gasteiger partial charge >= 0.3 is 0 Å². The van der Waals surface area contributed by atoms with Crippen molar-refractivity contribution < 1.29 is 8.95 Å². The minimum Gasteiger partial charge on any atom is -0.384 e. The summed E-state index contributed by atoms with van der Waals surface area (Å²) in [4.78, 5) is 0. The van der Waals surface area contributed by atoms with Crippen LogP contribution in [0.1, 0.15) is 46.5 Å². The largest absolute Gasteiger partial charge is 0.384 e. The van der Waals surface area contributed by atoms with Crippen molar-refractivity contribution in [2.75, 3.05) is 26.0 Å². The van der Waals surface area contributed by atoms with Crippen LogP contribution in [0.2, 0.25) is 0 Å². The highest BCUT2D eigenvalue weighted by molar-refractivity contribution is 7.85. The van der Waals surface area contributed by atoms with Crippen molar-refractivity contribution in [3.8, 4) is 0 Å². The van der Waals surface area contributed by atoms with Gasteiger partial charge < -0.3 is 10.1 Å². The van der Waals surface area contributed by atoms with Crippen molar-refractivity contribution in [2.24, 2.45) is 11.8 Å². The van der Waals surface area contributed by atoms with Crippen molar-refractivity contribution in [1.29, 1.82) is 0 Å². The van der Waals surface area contributed by atoms with Gasteiger partial charge in [0.25, 0.3) is 0 Å². The van der Waals surface area contributed by atoms with Crippen LogP contribution in [0.4, 0.5) is 0 Å². The Bertz CT molecular complexity index is 271. The molecule has 0 radical (unpaired) electrons. The summed E-state index contributed by atoms with van der Waals surface area (Å²) >= 11 is 0. The lowest BCUT2D eigenvalue weighted by molar-refractivity contribution is 0.216. The van der Waals surface area contributed by atoms with Gasteiger partial charge in [-0.3, -0.25) is 4.21 Å². The molecule has 1 rings (SSSR count). The van der Waals surface area contributed by atoms with Crippen LogP contribution in [-0.4, -0.2) is 41.5 Å². The molecule has 0 aromatic rings. The molecular weight excluding hydrogens is 258 g/mol. The number of rotatable bonds is 8. The molecule has 114 valence electrons. The van der Waals surface area contributed by atoms with E-state index in [0.717, 1.165) is 25.3 Å². The molecule has 1 N–H and O–H groups in total. The Morgan fingerprint density at radius 1 is 1.37 bits per heavy atom. The Hall–Kier alpha value is 0.0700. The van der Waals surface area contributed by atoms with E-state index < -0.39 is 10.8 Å². The van der Waals surface area contributed by atoms with Crippen LogP contribution in [0, 0.1) is 11.8 Å². The lowest BCUT2D eigenvalue weighted by Crippen LogP contribution is -2.48.